The van der Waals surface area contributed by atoms with Crippen molar-refractivity contribution >= 4 is 21.8 Å². The zero-order valence-corrected chi connectivity index (χ0v) is 12.8. The van der Waals surface area contributed by atoms with Crippen molar-refractivity contribution < 1.29 is 4.79 Å². The molecule has 0 heterocycles. The van der Waals surface area contributed by atoms with Crippen LogP contribution in [-0.4, -0.2) is 19.0 Å². The fraction of sp³-hybridized carbons (Fsp3) is 0.500. The third kappa shape index (κ3) is 5.19. The molecule has 0 unspecified atom stereocenters. The molecule has 0 aliphatic rings. The Labute approximate surface area is 117 Å². The monoisotopic (exact) mass is 312 g/mol. The number of rotatable bonds is 6. The Hall–Kier alpha value is -0.870. The highest BCUT2D eigenvalue weighted by atomic mass is 79.9. The number of halogens is 1. The molecule has 18 heavy (non-hydrogen) atoms. The average molecular weight is 313 g/mol. The number of nitrogens with one attached hydrogen (secondary N) is 2. The number of carbonyl (C=O) groups excluding carboxylic acids is 1. The van der Waals surface area contributed by atoms with Crippen LogP contribution < -0.4 is 10.6 Å². The van der Waals surface area contributed by atoms with E-state index in [4.69, 9.17) is 0 Å². The molecular formula is C14H21BrN2O. The van der Waals surface area contributed by atoms with Gasteiger partial charge in [-0.2, -0.15) is 0 Å². The molecule has 0 aliphatic carbocycles. The number of hydrogen-bond donors (Lipinski definition) is 2. The molecule has 0 saturated carbocycles. The van der Waals surface area contributed by atoms with Gasteiger partial charge in [0.05, 0.1) is 0 Å². The van der Waals surface area contributed by atoms with E-state index in [0.29, 0.717) is 6.04 Å². The standard InChI is InChI=1S/C14H21BrN2O/c1-10-9-13(5-6-14(10)15)11(2)16-7-4-8-17-12(3)18/h5-6,9,11,16H,4,7-8H2,1-3H3,(H,17,18)/t11-/m0/s1. The zero-order valence-electron chi connectivity index (χ0n) is 11.2. The first-order valence-corrected chi connectivity index (χ1v) is 7.04. The van der Waals surface area contributed by atoms with E-state index in [1.807, 2.05) is 0 Å². The smallest absolute Gasteiger partial charge is 0.216 e. The summed E-state index contributed by atoms with van der Waals surface area (Å²) in [5.41, 5.74) is 2.54. The molecule has 0 aliphatic heterocycles. The van der Waals surface area contributed by atoms with Crippen LogP contribution in [0.15, 0.2) is 22.7 Å². The van der Waals surface area contributed by atoms with Crippen molar-refractivity contribution in [3.63, 3.8) is 0 Å². The van der Waals surface area contributed by atoms with Crippen molar-refractivity contribution in [2.24, 2.45) is 0 Å². The molecule has 0 bridgehead atoms. The third-order valence-electron chi connectivity index (χ3n) is 2.86. The molecule has 0 fully saturated rings. The van der Waals surface area contributed by atoms with E-state index in [1.165, 1.54) is 11.1 Å². The van der Waals surface area contributed by atoms with E-state index >= 15 is 0 Å². The quantitative estimate of drug-likeness (QED) is 0.793. The van der Waals surface area contributed by atoms with Crippen molar-refractivity contribution in [1.82, 2.24) is 10.6 Å². The molecule has 0 aromatic heterocycles. The molecule has 1 rings (SSSR count). The van der Waals surface area contributed by atoms with Gasteiger partial charge in [0.2, 0.25) is 5.91 Å². The summed E-state index contributed by atoms with van der Waals surface area (Å²) in [6.45, 7) is 7.42. The lowest BCUT2D eigenvalue weighted by atomic mass is 10.1. The van der Waals surface area contributed by atoms with Crippen molar-refractivity contribution in [2.75, 3.05) is 13.1 Å². The summed E-state index contributed by atoms with van der Waals surface area (Å²) >= 11 is 3.50. The molecule has 2 N–H and O–H groups in total. The Morgan fingerprint density at radius 2 is 2.11 bits per heavy atom. The largest absolute Gasteiger partial charge is 0.356 e. The molecule has 100 valence electrons. The van der Waals surface area contributed by atoms with E-state index in [9.17, 15) is 4.79 Å². The minimum absolute atomic E-state index is 0.0339. The number of hydrogen-bond acceptors (Lipinski definition) is 2. The van der Waals surface area contributed by atoms with E-state index < -0.39 is 0 Å². The van der Waals surface area contributed by atoms with Crippen LogP contribution in [0.5, 0.6) is 0 Å². The summed E-state index contributed by atoms with van der Waals surface area (Å²) in [5, 5.41) is 6.24. The van der Waals surface area contributed by atoms with Gasteiger partial charge in [-0.15, -0.1) is 0 Å². The van der Waals surface area contributed by atoms with Crippen LogP contribution in [0.3, 0.4) is 0 Å². The number of amides is 1. The lowest BCUT2D eigenvalue weighted by Crippen LogP contribution is -2.26. The van der Waals surface area contributed by atoms with Gasteiger partial charge in [-0.25, -0.2) is 0 Å². The van der Waals surface area contributed by atoms with Gasteiger partial charge in [0.1, 0.15) is 0 Å². The van der Waals surface area contributed by atoms with Crippen LogP contribution in [0.4, 0.5) is 0 Å². The van der Waals surface area contributed by atoms with Gasteiger partial charge in [-0.3, -0.25) is 4.79 Å². The lowest BCUT2D eigenvalue weighted by molar-refractivity contribution is -0.118. The summed E-state index contributed by atoms with van der Waals surface area (Å²) in [4.78, 5) is 10.7. The summed E-state index contributed by atoms with van der Waals surface area (Å²) in [7, 11) is 0. The van der Waals surface area contributed by atoms with Gasteiger partial charge < -0.3 is 10.6 Å². The second-order valence-electron chi connectivity index (χ2n) is 4.52. The van der Waals surface area contributed by atoms with Gasteiger partial charge in [-0.05, 0) is 44.0 Å². The van der Waals surface area contributed by atoms with Gasteiger partial charge in [0.15, 0.2) is 0 Å². The molecule has 4 heteroatoms. The zero-order chi connectivity index (χ0) is 13.5. The van der Waals surface area contributed by atoms with Crippen molar-refractivity contribution in [3.05, 3.63) is 33.8 Å². The maximum absolute atomic E-state index is 10.7. The van der Waals surface area contributed by atoms with E-state index in [1.54, 1.807) is 6.92 Å². The first kappa shape index (κ1) is 15.2. The molecule has 1 aromatic rings. The van der Waals surface area contributed by atoms with Crippen molar-refractivity contribution in [1.29, 1.82) is 0 Å². The Kier molecular flexibility index (Phi) is 6.36. The minimum Gasteiger partial charge on any atom is -0.356 e. The van der Waals surface area contributed by atoms with Crippen LogP contribution >= 0.6 is 15.9 Å². The fourth-order valence-electron chi connectivity index (χ4n) is 1.73. The van der Waals surface area contributed by atoms with Crippen LogP contribution in [-0.2, 0) is 4.79 Å². The van der Waals surface area contributed by atoms with Crippen molar-refractivity contribution in [3.8, 4) is 0 Å². The summed E-state index contributed by atoms with van der Waals surface area (Å²) in [6, 6.07) is 6.73. The average Bonchev–Trinajstić information content (AvgIpc) is 2.31. The lowest BCUT2D eigenvalue weighted by Gasteiger charge is -2.15. The predicted octanol–water partition coefficient (Wildman–Crippen LogP) is 2.93. The normalized spacial score (nSPS) is 12.2. The Morgan fingerprint density at radius 3 is 2.72 bits per heavy atom. The number of aryl methyl sites for hydroxylation is 1. The van der Waals surface area contributed by atoms with E-state index in [2.05, 4.69) is 58.6 Å². The molecule has 1 atom stereocenters. The first-order chi connectivity index (χ1) is 8.50. The van der Waals surface area contributed by atoms with Crippen LogP contribution in [0.2, 0.25) is 0 Å². The highest BCUT2D eigenvalue weighted by Gasteiger charge is 2.05. The Bertz CT molecular complexity index is 407. The summed E-state index contributed by atoms with van der Waals surface area (Å²) < 4.78 is 1.14. The first-order valence-electron chi connectivity index (χ1n) is 6.24. The molecule has 0 saturated heterocycles. The van der Waals surface area contributed by atoms with Crippen molar-refractivity contribution in [2.45, 2.75) is 33.2 Å². The highest BCUT2D eigenvalue weighted by molar-refractivity contribution is 9.10. The molecule has 1 aromatic carbocycles. The number of carbonyl (C=O) groups is 1. The van der Waals surface area contributed by atoms with Crippen LogP contribution in [0, 0.1) is 6.92 Å². The van der Waals surface area contributed by atoms with Crippen LogP contribution in [0.1, 0.15) is 37.4 Å². The highest BCUT2D eigenvalue weighted by Crippen LogP contribution is 2.20. The topological polar surface area (TPSA) is 41.1 Å². The second-order valence-corrected chi connectivity index (χ2v) is 5.38. The number of benzene rings is 1. The predicted molar refractivity (Wildman–Crippen MR) is 78.6 cm³/mol. The minimum atomic E-state index is 0.0339. The van der Waals surface area contributed by atoms with Gasteiger partial charge >= 0.3 is 0 Å². The SMILES string of the molecule is CC(=O)NCCCN[C@@H](C)c1ccc(Br)c(C)c1. The van der Waals surface area contributed by atoms with Crippen LogP contribution in [0.25, 0.3) is 0 Å². The maximum atomic E-state index is 10.7. The Morgan fingerprint density at radius 1 is 1.39 bits per heavy atom. The van der Waals surface area contributed by atoms with Gasteiger partial charge in [0, 0.05) is 24.0 Å². The fourth-order valence-corrected chi connectivity index (χ4v) is 1.97. The molecule has 3 nitrogen and oxygen atoms in total. The molecule has 0 spiro atoms. The molecule has 1 amide bonds. The molecular weight excluding hydrogens is 292 g/mol. The summed E-state index contributed by atoms with van der Waals surface area (Å²) in [5.74, 6) is 0.0339. The van der Waals surface area contributed by atoms with Gasteiger partial charge in [-0.1, -0.05) is 28.1 Å². The van der Waals surface area contributed by atoms with E-state index in [-0.39, 0.29) is 5.91 Å². The summed E-state index contributed by atoms with van der Waals surface area (Å²) in [6.07, 6.45) is 0.944. The molecule has 0 radical (unpaired) electrons. The second kappa shape index (κ2) is 7.54. The Balaban J connectivity index is 2.34. The van der Waals surface area contributed by atoms with E-state index in [0.717, 1.165) is 24.0 Å². The van der Waals surface area contributed by atoms with Gasteiger partial charge in [0.25, 0.3) is 0 Å². The third-order valence-corrected chi connectivity index (χ3v) is 3.75. The maximum Gasteiger partial charge on any atom is 0.216 e.